The highest BCUT2D eigenvalue weighted by atomic mass is 16.1. The van der Waals surface area contributed by atoms with Crippen molar-refractivity contribution in [2.75, 3.05) is 0 Å². The second-order valence-corrected chi connectivity index (χ2v) is 3.45. The van der Waals surface area contributed by atoms with Crippen molar-refractivity contribution < 1.29 is 4.79 Å². The molecule has 0 aliphatic heterocycles. The maximum Gasteiger partial charge on any atom is 0.269 e. The van der Waals surface area contributed by atoms with Crippen LogP contribution in [0.25, 0.3) is 17.2 Å². The van der Waals surface area contributed by atoms with Gasteiger partial charge in [0.25, 0.3) is 5.91 Å². The highest BCUT2D eigenvalue weighted by Crippen LogP contribution is 2.15. The van der Waals surface area contributed by atoms with E-state index in [1.54, 1.807) is 18.3 Å². The molecule has 7 nitrogen and oxygen atoms in total. The first-order valence-electron chi connectivity index (χ1n) is 4.91. The number of rotatable bonds is 2. The van der Waals surface area contributed by atoms with E-state index in [-0.39, 0.29) is 5.69 Å². The Kier molecular flexibility index (Phi) is 1.91. The third-order valence-corrected chi connectivity index (χ3v) is 2.33. The molecule has 0 bridgehead atoms. The first-order chi connectivity index (χ1) is 8.25. The van der Waals surface area contributed by atoms with Crippen LogP contribution < -0.4 is 5.73 Å². The van der Waals surface area contributed by atoms with E-state index >= 15 is 0 Å². The number of amides is 1. The predicted molar refractivity (Wildman–Crippen MR) is 59.1 cm³/mol. The zero-order chi connectivity index (χ0) is 11.8. The van der Waals surface area contributed by atoms with Gasteiger partial charge in [0.2, 0.25) is 5.82 Å². The van der Waals surface area contributed by atoms with Gasteiger partial charge in [0.1, 0.15) is 5.69 Å². The number of H-pyrrole nitrogens is 1. The molecule has 84 valence electrons. The van der Waals surface area contributed by atoms with E-state index in [1.165, 1.54) is 4.52 Å². The lowest BCUT2D eigenvalue weighted by molar-refractivity contribution is 0.0995. The van der Waals surface area contributed by atoms with Crippen molar-refractivity contribution in [1.29, 1.82) is 0 Å². The molecular weight excluding hydrogens is 220 g/mol. The number of nitrogens with two attached hydrogens (primary N) is 1. The van der Waals surface area contributed by atoms with Gasteiger partial charge in [-0.1, -0.05) is 6.07 Å². The lowest BCUT2D eigenvalue weighted by atomic mass is 10.3. The Morgan fingerprint density at radius 2 is 2.29 bits per heavy atom. The summed E-state index contributed by atoms with van der Waals surface area (Å²) in [4.78, 5) is 15.2. The number of aromatic amines is 1. The van der Waals surface area contributed by atoms with Gasteiger partial charge in [-0.3, -0.25) is 14.9 Å². The summed E-state index contributed by atoms with van der Waals surface area (Å²) in [5.41, 5.74) is 6.61. The smallest absolute Gasteiger partial charge is 0.269 e. The van der Waals surface area contributed by atoms with Crippen LogP contribution in [0.1, 0.15) is 10.5 Å². The van der Waals surface area contributed by atoms with Gasteiger partial charge < -0.3 is 5.73 Å². The van der Waals surface area contributed by atoms with Gasteiger partial charge in [-0.15, -0.1) is 0 Å². The Morgan fingerprint density at radius 1 is 1.41 bits per heavy atom. The number of aromatic nitrogens is 5. The quantitative estimate of drug-likeness (QED) is 0.654. The fraction of sp³-hybridized carbons (Fsp3) is 0. The predicted octanol–water partition coefficient (Wildman–Crippen LogP) is 0.218. The van der Waals surface area contributed by atoms with Crippen LogP contribution >= 0.6 is 0 Å². The second kappa shape index (κ2) is 3.41. The Hall–Kier alpha value is -2.70. The topological polar surface area (TPSA) is 102 Å². The number of fused-ring (bicyclic) bond motifs is 1. The van der Waals surface area contributed by atoms with Crippen LogP contribution in [0, 0.1) is 0 Å². The van der Waals surface area contributed by atoms with E-state index in [9.17, 15) is 4.79 Å². The molecule has 0 spiro atoms. The number of nitrogens with zero attached hydrogens (tertiary/aromatic N) is 4. The lowest BCUT2D eigenvalue weighted by Gasteiger charge is -1.94. The number of primary amides is 1. The monoisotopic (exact) mass is 228 g/mol. The molecule has 3 heterocycles. The second-order valence-electron chi connectivity index (χ2n) is 3.45. The Morgan fingerprint density at radius 3 is 3.00 bits per heavy atom. The molecule has 0 aromatic carbocycles. The molecule has 0 radical (unpaired) electrons. The van der Waals surface area contributed by atoms with Gasteiger partial charge >= 0.3 is 0 Å². The summed E-state index contributed by atoms with van der Waals surface area (Å²) >= 11 is 0. The standard InChI is InChI=1S/C10H8N6O/c11-9(17)7-5-8-13-14-10(16(8)15-7)6-3-1-2-4-12-6/h1-5,13H,(H2,11,17). The summed E-state index contributed by atoms with van der Waals surface area (Å²) in [6.45, 7) is 0. The van der Waals surface area contributed by atoms with Crippen LogP contribution in [0.4, 0.5) is 0 Å². The van der Waals surface area contributed by atoms with Crippen LogP contribution in [0.15, 0.2) is 30.5 Å². The summed E-state index contributed by atoms with van der Waals surface area (Å²) < 4.78 is 1.50. The average Bonchev–Trinajstić information content (AvgIpc) is 2.89. The van der Waals surface area contributed by atoms with Crippen molar-refractivity contribution in [3.63, 3.8) is 0 Å². The third-order valence-electron chi connectivity index (χ3n) is 2.33. The molecule has 7 heteroatoms. The summed E-state index contributed by atoms with van der Waals surface area (Å²) in [6, 6.07) is 7.01. The Labute approximate surface area is 95.3 Å². The minimum absolute atomic E-state index is 0.191. The van der Waals surface area contributed by atoms with E-state index in [4.69, 9.17) is 5.73 Å². The van der Waals surface area contributed by atoms with Crippen molar-refractivity contribution in [2.24, 2.45) is 5.73 Å². The van der Waals surface area contributed by atoms with Gasteiger partial charge in [0.05, 0.1) is 0 Å². The Bertz CT molecular complexity index is 683. The molecule has 3 aromatic rings. The fourth-order valence-electron chi connectivity index (χ4n) is 1.56. The summed E-state index contributed by atoms with van der Waals surface area (Å²) in [6.07, 6.45) is 1.66. The molecule has 0 aliphatic carbocycles. The van der Waals surface area contributed by atoms with Gasteiger partial charge in [0, 0.05) is 12.3 Å². The number of pyridine rings is 1. The van der Waals surface area contributed by atoms with E-state index in [1.807, 2.05) is 12.1 Å². The van der Waals surface area contributed by atoms with Gasteiger partial charge in [-0.05, 0) is 12.1 Å². The molecule has 17 heavy (non-hydrogen) atoms. The van der Waals surface area contributed by atoms with Crippen LogP contribution in [0.3, 0.4) is 0 Å². The first-order valence-corrected chi connectivity index (χ1v) is 4.91. The lowest BCUT2D eigenvalue weighted by Crippen LogP contribution is -2.11. The van der Waals surface area contributed by atoms with E-state index in [0.717, 1.165) is 0 Å². The molecule has 1 amide bonds. The molecule has 3 N–H and O–H groups in total. The van der Waals surface area contributed by atoms with Crippen LogP contribution in [-0.4, -0.2) is 30.7 Å². The first kappa shape index (κ1) is 9.52. The maximum absolute atomic E-state index is 11.0. The summed E-state index contributed by atoms with van der Waals surface area (Å²) in [7, 11) is 0. The van der Waals surface area contributed by atoms with Crippen LogP contribution in [-0.2, 0) is 0 Å². The van der Waals surface area contributed by atoms with E-state index in [2.05, 4.69) is 20.3 Å². The van der Waals surface area contributed by atoms with Crippen molar-refractivity contribution in [3.05, 3.63) is 36.2 Å². The molecule has 0 saturated heterocycles. The van der Waals surface area contributed by atoms with E-state index < -0.39 is 5.91 Å². The molecule has 0 unspecified atom stereocenters. The number of hydrogen-bond donors (Lipinski definition) is 2. The number of carbonyl (C=O) groups excluding carboxylic acids is 1. The zero-order valence-corrected chi connectivity index (χ0v) is 8.66. The molecule has 0 atom stereocenters. The van der Waals surface area contributed by atoms with Gasteiger partial charge in [-0.2, -0.15) is 14.7 Å². The SMILES string of the molecule is NC(=O)c1cc2[nH]nc(-c3ccccn3)n2n1. The fourth-order valence-corrected chi connectivity index (χ4v) is 1.56. The number of carbonyl (C=O) groups is 1. The maximum atomic E-state index is 11.0. The average molecular weight is 228 g/mol. The molecule has 0 saturated carbocycles. The number of hydrogen-bond acceptors (Lipinski definition) is 4. The van der Waals surface area contributed by atoms with Gasteiger partial charge in [0.15, 0.2) is 11.3 Å². The zero-order valence-electron chi connectivity index (χ0n) is 8.66. The third kappa shape index (κ3) is 1.44. The number of nitrogens with one attached hydrogen (secondary N) is 1. The van der Waals surface area contributed by atoms with Crippen molar-refractivity contribution in [2.45, 2.75) is 0 Å². The molecule has 3 aromatic heterocycles. The van der Waals surface area contributed by atoms with Crippen LogP contribution in [0.5, 0.6) is 0 Å². The van der Waals surface area contributed by atoms with Crippen LogP contribution in [0.2, 0.25) is 0 Å². The highest BCUT2D eigenvalue weighted by Gasteiger charge is 2.13. The largest absolute Gasteiger partial charge is 0.364 e. The molecule has 0 aliphatic rings. The van der Waals surface area contributed by atoms with Crippen molar-refractivity contribution >= 4 is 11.6 Å². The minimum Gasteiger partial charge on any atom is -0.364 e. The van der Waals surface area contributed by atoms with Crippen molar-refractivity contribution in [1.82, 2.24) is 24.8 Å². The highest BCUT2D eigenvalue weighted by molar-refractivity contribution is 5.91. The molecule has 0 fully saturated rings. The van der Waals surface area contributed by atoms with Crippen molar-refractivity contribution in [3.8, 4) is 11.5 Å². The summed E-state index contributed by atoms with van der Waals surface area (Å²) in [5.74, 6) is -0.0397. The Balaban J connectivity index is 2.21. The normalized spacial score (nSPS) is 10.8. The van der Waals surface area contributed by atoms with E-state index in [0.29, 0.717) is 17.2 Å². The minimum atomic E-state index is -0.575. The summed E-state index contributed by atoms with van der Waals surface area (Å²) in [5, 5.41) is 10.9. The molecular formula is C10H8N6O. The molecule has 3 rings (SSSR count). The van der Waals surface area contributed by atoms with Gasteiger partial charge in [-0.25, -0.2) is 0 Å².